The molecule has 0 aliphatic rings. The molecule has 29 heavy (non-hydrogen) atoms. The number of ether oxygens (including phenoxy) is 1. The smallest absolute Gasteiger partial charge is 0.428 e. The topological polar surface area (TPSA) is 55.5 Å². The molecular weight excluding hydrogens is 393 g/mol. The Labute approximate surface area is 166 Å². The van der Waals surface area contributed by atoms with Gasteiger partial charge >= 0.3 is 12.5 Å². The Bertz CT molecular complexity index is 821. The van der Waals surface area contributed by atoms with E-state index >= 15 is 0 Å². The van der Waals surface area contributed by atoms with Gasteiger partial charge in [0.15, 0.2) is 0 Å². The lowest BCUT2D eigenvalue weighted by Gasteiger charge is -2.45. The van der Waals surface area contributed by atoms with Crippen LogP contribution in [0.2, 0.25) is 0 Å². The van der Waals surface area contributed by atoms with Crippen molar-refractivity contribution in [1.82, 2.24) is 0 Å². The molecule has 2 unspecified atom stereocenters. The van der Waals surface area contributed by atoms with E-state index in [0.29, 0.717) is 11.1 Å². The molecule has 160 valence electrons. The lowest BCUT2D eigenvalue weighted by molar-refractivity contribution is -0.253. The van der Waals surface area contributed by atoms with Crippen molar-refractivity contribution in [1.29, 1.82) is 0 Å². The van der Waals surface area contributed by atoms with Crippen LogP contribution >= 0.6 is 0 Å². The van der Waals surface area contributed by atoms with E-state index in [2.05, 4.69) is 4.74 Å². The number of nitrogens with two attached hydrogens (primary N) is 1. The first-order valence-corrected chi connectivity index (χ1v) is 8.95. The Morgan fingerprint density at radius 1 is 1.03 bits per heavy atom. The molecule has 2 atom stereocenters. The third kappa shape index (κ3) is 5.05. The largest absolute Gasteiger partial charge is 0.461 e. The third-order valence-electron chi connectivity index (χ3n) is 4.83. The molecule has 0 amide bonds. The van der Waals surface area contributed by atoms with Crippen LogP contribution in [0.1, 0.15) is 31.9 Å². The first-order chi connectivity index (χ1) is 13.3. The summed E-state index contributed by atoms with van der Waals surface area (Å²) in [4.78, 5) is 0. The summed E-state index contributed by atoms with van der Waals surface area (Å²) in [6, 6.07) is 9.59. The molecule has 0 spiro atoms. The molecule has 2 rings (SSSR count). The van der Waals surface area contributed by atoms with Gasteiger partial charge in [-0.25, -0.2) is 4.39 Å². The van der Waals surface area contributed by atoms with Gasteiger partial charge in [0.25, 0.3) is 0 Å². The molecule has 0 aliphatic carbocycles. The van der Waals surface area contributed by atoms with Crippen molar-refractivity contribution in [3.05, 3.63) is 65.5 Å². The van der Waals surface area contributed by atoms with Crippen LogP contribution in [-0.2, 0) is 12.0 Å². The Kier molecular flexibility index (Phi) is 6.59. The number of aliphatic hydroxyl groups is 1. The lowest BCUT2D eigenvalue weighted by Crippen LogP contribution is -2.55. The lowest BCUT2D eigenvalue weighted by atomic mass is 9.67. The number of hydrogen-bond acceptors (Lipinski definition) is 3. The molecular formula is C21H24F5NO2. The summed E-state index contributed by atoms with van der Waals surface area (Å²) in [5, 5.41) is 11.5. The average molecular weight is 417 g/mol. The van der Waals surface area contributed by atoms with Gasteiger partial charge in [-0.15, -0.1) is 0 Å². The van der Waals surface area contributed by atoms with Crippen molar-refractivity contribution in [3.8, 4) is 5.75 Å². The molecule has 0 saturated carbocycles. The first-order valence-electron chi connectivity index (χ1n) is 8.95. The summed E-state index contributed by atoms with van der Waals surface area (Å²) in [6.07, 6.45) is -8.57. The summed E-state index contributed by atoms with van der Waals surface area (Å²) in [6.45, 7) is 5.29. The molecule has 8 heteroatoms. The van der Waals surface area contributed by atoms with Gasteiger partial charge in [-0.2, -0.15) is 17.6 Å². The van der Waals surface area contributed by atoms with E-state index in [1.807, 2.05) is 0 Å². The fraction of sp³-hybridized carbons (Fsp3) is 0.429. The Morgan fingerprint density at radius 3 is 2.14 bits per heavy atom. The van der Waals surface area contributed by atoms with E-state index in [1.165, 1.54) is 36.4 Å². The van der Waals surface area contributed by atoms with Crippen LogP contribution in [0, 0.1) is 11.2 Å². The van der Waals surface area contributed by atoms with Gasteiger partial charge in [0.1, 0.15) is 17.2 Å². The number of benzene rings is 2. The zero-order chi connectivity index (χ0) is 22.0. The number of hydrogen-bond donors (Lipinski definition) is 2. The third-order valence-corrected chi connectivity index (χ3v) is 4.83. The first kappa shape index (κ1) is 23.1. The van der Waals surface area contributed by atoms with Crippen molar-refractivity contribution in [3.63, 3.8) is 0 Å². The van der Waals surface area contributed by atoms with Gasteiger partial charge in [0.2, 0.25) is 0 Å². The van der Waals surface area contributed by atoms with Gasteiger partial charge in [-0.05, 0) is 47.2 Å². The van der Waals surface area contributed by atoms with Crippen LogP contribution in [0.4, 0.5) is 22.0 Å². The van der Waals surface area contributed by atoms with Crippen molar-refractivity contribution in [2.75, 3.05) is 0 Å². The van der Waals surface area contributed by atoms with Crippen LogP contribution in [0.15, 0.2) is 48.5 Å². The van der Waals surface area contributed by atoms with Crippen molar-refractivity contribution < 1.29 is 31.8 Å². The maximum Gasteiger partial charge on any atom is 0.461 e. The zero-order valence-electron chi connectivity index (χ0n) is 16.3. The Balaban J connectivity index is 2.32. The van der Waals surface area contributed by atoms with Crippen LogP contribution in [0.5, 0.6) is 5.75 Å². The molecule has 2 aromatic rings. The molecule has 0 saturated heterocycles. The molecule has 3 nitrogen and oxygen atoms in total. The minimum Gasteiger partial charge on any atom is -0.428 e. The van der Waals surface area contributed by atoms with E-state index in [9.17, 15) is 27.1 Å². The number of rotatable bonds is 7. The summed E-state index contributed by atoms with van der Waals surface area (Å²) >= 11 is 0. The van der Waals surface area contributed by atoms with Crippen LogP contribution in [0.25, 0.3) is 0 Å². The Hall–Kier alpha value is -2.19. The average Bonchev–Trinajstić information content (AvgIpc) is 2.60. The Morgan fingerprint density at radius 2 is 1.62 bits per heavy atom. The molecule has 3 N–H and O–H groups in total. The molecule has 0 aromatic heterocycles. The van der Waals surface area contributed by atoms with E-state index in [4.69, 9.17) is 5.73 Å². The van der Waals surface area contributed by atoms with Crippen LogP contribution in [0.3, 0.4) is 0 Å². The quantitative estimate of drug-likeness (QED) is 0.633. The molecule has 0 bridgehead atoms. The monoisotopic (exact) mass is 417 g/mol. The van der Waals surface area contributed by atoms with Gasteiger partial charge in [-0.1, -0.05) is 45.0 Å². The summed E-state index contributed by atoms with van der Waals surface area (Å²) < 4.78 is 68.5. The van der Waals surface area contributed by atoms with Gasteiger partial charge in [0, 0.05) is 6.04 Å². The van der Waals surface area contributed by atoms with E-state index < -0.39 is 41.2 Å². The predicted molar refractivity (Wildman–Crippen MR) is 99.5 cm³/mol. The summed E-state index contributed by atoms with van der Waals surface area (Å²) in [5.74, 6) is -0.913. The molecule has 0 fully saturated rings. The highest BCUT2D eigenvalue weighted by molar-refractivity contribution is 5.32. The van der Waals surface area contributed by atoms with Crippen LogP contribution in [-0.4, -0.2) is 23.7 Å². The number of alkyl halides is 4. The second kappa shape index (κ2) is 8.28. The maximum atomic E-state index is 13.3. The van der Waals surface area contributed by atoms with Crippen molar-refractivity contribution in [2.24, 2.45) is 11.1 Å². The molecule has 0 heterocycles. The number of halogens is 5. The standard InChI is InChI=1S/C21H24F5NO2/c1-19(2,3)20(28,14-7-9-15(22)10-8-14)17(27)12-13-5-4-6-16(11-13)29-21(25,26)18(23)24/h4-11,17-18,28H,12,27H2,1-3H3. The zero-order valence-corrected chi connectivity index (χ0v) is 16.3. The second-order valence-electron chi connectivity index (χ2n) is 7.95. The minimum absolute atomic E-state index is 0.0304. The van der Waals surface area contributed by atoms with Crippen molar-refractivity contribution >= 4 is 0 Å². The normalized spacial score (nSPS) is 15.8. The van der Waals surface area contributed by atoms with Gasteiger partial charge in [0.05, 0.1) is 0 Å². The van der Waals surface area contributed by atoms with Crippen LogP contribution < -0.4 is 10.5 Å². The minimum atomic E-state index is -4.62. The van der Waals surface area contributed by atoms with Gasteiger partial charge in [-0.3, -0.25) is 0 Å². The van der Waals surface area contributed by atoms with Gasteiger partial charge < -0.3 is 15.6 Å². The predicted octanol–water partition coefficient (Wildman–Crippen LogP) is 4.87. The van der Waals surface area contributed by atoms with Crippen molar-refractivity contribution in [2.45, 2.75) is 51.4 Å². The molecule has 0 radical (unpaired) electrons. The fourth-order valence-corrected chi connectivity index (χ4v) is 3.25. The molecule has 2 aromatic carbocycles. The summed E-state index contributed by atoms with van der Waals surface area (Å²) in [7, 11) is 0. The van der Waals surface area contributed by atoms with E-state index in [1.54, 1.807) is 26.8 Å². The highest BCUT2D eigenvalue weighted by Gasteiger charge is 2.47. The second-order valence-corrected chi connectivity index (χ2v) is 7.95. The SMILES string of the molecule is CC(C)(C)C(O)(c1ccc(F)cc1)C(N)Cc1cccc(OC(F)(F)C(F)F)c1. The van der Waals surface area contributed by atoms with E-state index in [-0.39, 0.29) is 6.42 Å². The highest BCUT2D eigenvalue weighted by atomic mass is 19.3. The maximum absolute atomic E-state index is 13.3. The van der Waals surface area contributed by atoms with E-state index in [0.717, 1.165) is 6.07 Å². The fourth-order valence-electron chi connectivity index (χ4n) is 3.25. The summed E-state index contributed by atoms with van der Waals surface area (Å²) in [5.41, 5.74) is 4.76. The highest BCUT2D eigenvalue weighted by Crippen LogP contribution is 2.42. The molecule has 0 aliphatic heterocycles.